The number of rotatable bonds is 7. The highest BCUT2D eigenvalue weighted by Crippen LogP contribution is 2.23. The predicted octanol–water partition coefficient (Wildman–Crippen LogP) is 2.67. The van der Waals surface area contributed by atoms with Gasteiger partial charge < -0.3 is 15.8 Å². The van der Waals surface area contributed by atoms with Crippen molar-refractivity contribution < 1.29 is 13.5 Å². The van der Waals surface area contributed by atoms with E-state index in [0.29, 0.717) is 22.8 Å². The van der Waals surface area contributed by atoms with E-state index in [0.717, 1.165) is 0 Å². The van der Waals surface area contributed by atoms with E-state index < -0.39 is 13.0 Å². The van der Waals surface area contributed by atoms with Crippen LogP contribution in [0, 0.1) is 0 Å². The molecular weight excluding hydrogens is 282 g/mol. The van der Waals surface area contributed by atoms with Gasteiger partial charge in [0.2, 0.25) is 0 Å². The maximum atomic E-state index is 11.8. The Morgan fingerprint density at radius 1 is 1.50 bits per heavy atom. The molecule has 0 bridgehead atoms. The van der Waals surface area contributed by atoms with Crippen LogP contribution in [0.1, 0.15) is 5.56 Å². The first-order chi connectivity index (χ1) is 8.52. The van der Waals surface area contributed by atoms with Crippen molar-refractivity contribution >= 4 is 34.5 Å². The molecule has 18 heavy (non-hydrogen) atoms. The molecule has 0 aliphatic carbocycles. The zero-order valence-electron chi connectivity index (χ0n) is 9.46. The van der Waals surface area contributed by atoms with Gasteiger partial charge in [-0.25, -0.2) is 8.78 Å². The van der Waals surface area contributed by atoms with E-state index in [2.05, 4.69) is 5.32 Å². The summed E-state index contributed by atoms with van der Waals surface area (Å²) >= 11 is 10.9. The van der Waals surface area contributed by atoms with Crippen LogP contribution in [-0.2, 0) is 4.74 Å². The Balaban J connectivity index is 2.52. The summed E-state index contributed by atoms with van der Waals surface area (Å²) in [5.41, 5.74) is 6.77. The molecular formula is C11H13ClF2N2OS. The minimum absolute atomic E-state index is 0.160. The summed E-state index contributed by atoms with van der Waals surface area (Å²) in [7, 11) is 0. The Bertz CT molecular complexity index is 418. The van der Waals surface area contributed by atoms with Crippen LogP contribution in [-0.4, -0.2) is 31.2 Å². The van der Waals surface area contributed by atoms with Gasteiger partial charge in [0.25, 0.3) is 6.43 Å². The molecule has 0 spiro atoms. The molecule has 0 heterocycles. The molecule has 0 aliphatic rings. The number of halogens is 3. The number of benzene rings is 1. The number of hydrogen-bond donors (Lipinski definition) is 2. The average Bonchev–Trinajstić information content (AvgIpc) is 2.27. The smallest absolute Gasteiger partial charge is 0.261 e. The van der Waals surface area contributed by atoms with E-state index in [1.54, 1.807) is 18.2 Å². The summed E-state index contributed by atoms with van der Waals surface area (Å²) in [6, 6.07) is 5.18. The lowest BCUT2D eigenvalue weighted by Crippen LogP contribution is -2.17. The third kappa shape index (κ3) is 4.72. The van der Waals surface area contributed by atoms with Gasteiger partial charge in [-0.05, 0) is 12.1 Å². The van der Waals surface area contributed by atoms with Crippen molar-refractivity contribution in [2.75, 3.05) is 25.1 Å². The number of thiocarbonyl (C=S) groups is 1. The van der Waals surface area contributed by atoms with Gasteiger partial charge in [-0.15, -0.1) is 0 Å². The maximum absolute atomic E-state index is 11.8. The highest BCUT2D eigenvalue weighted by Gasteiger charge is 2.09. The molecule has 0 unspecified atom stereocenters. The van der Waals surface area contributed by atoms with Crippen LogP contribution >= 0.6 is 23.8 Å². The minimum atomic E-state index is -2.46. The molecule has 1 aromatic rings. The van der Waals surface area contributed by atoms with Crippen LogP contribution in [0.25, 0.3) is 0 Å². The van der Waals surface area contributed by atoms with E-state index in [1.165, 1.54) is 0 Å². The molecule has 100 valence electrons. The topological polar surface area (TPSA) is 47.3 Å². The fraction of sp³-hybridized carbons (Fsp3) is 0.364. The van der Waals surface area contributed by atoms with Gasteiger partial charge in [-0.1, -0.05) is 29.9 Å². The van der Waals surface area contributed by atoms with Crippen LogP contribution in [0.4, 0.5) is 14.5 Å². The Morgan fingerprint density at radius 2 is 2.22 bits per heavy atom. The van der Waals surface area contributed by atoms with Gasteiger partial charge in [0.05, 0.1) is 17.2 Å². The van der Waals surface area contributed by atoms with Crippen molar-refractivity contribution in [3.8, 4) is 0 Å². The lowest BCUT2D eigenvalue weighted by atomic mass is 10.1. The van der Waals surface area contributed by atoms with Gasteiger partial charge in [-0.2, -0.15) is 0 Å². The number of anilines is 1. The largest absolute Gasteiger partial charge is 0.389 e. The second-order valence-corrected chi connectivity index (χ2v) is 4.27. The standard InChI is InChI=1S/C11H13ClF2N2OS/c12-7-2-1-3-8(10(7)11(15)18)16-4-5-17-6-9(13)14/h1-3,9,16H,4-6H2,(H2,15,18). The normalized spacial score (nSPS) is 10.7. The zero-order valence-corrected chi connectivity index (χ0v) is 11.0. The van der Waals surface area contributed by atoms with Crippen LogP contribution in [0.5, 0.6) is 0 Å². The highest BCUT2D eigenvalue weighted by molar-refractivity contribution is 7.80. The first-order valence-corrected chi connectivity index (χ1v) is 5.99. The summed E-state index contributed by atoms with van der Waals surface area (Å²) < 4.78 is 28.4. The Kier molecular flexibility index (Phi) is 6.24. The molecule has 0 fully saturated rings. The number of nitrogens with two attached hydrogens (primary N) is 1. The molecule has 3 nitrogen and oxygen atoms in total. The van der Waals surface area contributed by atoms with Gasteiger partial charge in [0.1, 0.15) is 11.6 Å². The molecule has 0 aliphatic heterocycles. The molecule has 0 atom stereocenters. The van der Waals surface area contributed by atoms with Crippen LogP contribution in [0.2, 0.25) is 5.02 Å². The molecule has 0 radical (unpaired) electrons. The number of hydrogen-bond acceptors (Lipinski definition) is 3. The lowest BCUT2D eigenvalue weighted by Gasteiger charge is -2.12. The van der Waals surface area contributed by atoms with E-state index in [-0.39, 0.29) is 11.6 Å². The molecule has 1 aromatic carbocycles. The molecule has 0 saturated carbocycles. The third-order valence-electron chi connectivity index (χ3n) is 2.07. The van der Waals surface area contributed by atoms with E-state index in [9.17, 15) is 8.78 Å². The van der Waals surface area contributed by atoms with Crippen molar-refractivity contribution in [3.63, 3.8) is 0 Å². The fourth-order valence-corrected chi connectivity index (χ4v) is 1.90. The Morgan fingerprint density at radius 3 is 2.83 bits per heavy atom. The van der Waals surface area contributed by atoms with Crippen molar-refractivity contribution in [1.82, 2.24) is 0 Å². The SMILES string of the molecule is NC(=S)c1c(Cl)cccc1NCCOCC(F)F. The Labute approximate surface area is 114 Å². The molecule has 0 aromatic heterocycles. The predicted molar refractivity (Wildman–Crippen MR) is 72.7 cm³/mol. The molecule has 0 amide bonds. The van der Waals surface area contributed by atoms with Gasteiger partial charge in [0, 0.05) is 12.2 Å². The van der Waals surface area contributed by atoms with Gasteiger partial charge in [0.15, 0.2) is 0 Å². The van der Waals surface area contributed by atoms with Crippen molar-refractivity contribution in [3.05, 3.63) is 28.8 Å². The van der Waals surface area contributed by atoms with Crippen LogP contribution in [0.3, 0.4) is 0 Å². The fourth-order valence-electron chi connectivity index (χ4n) is 1.35. The summed E-state index contributed by atoms with van der Waals surface area (Å²) in [5, 5.41) is 3.43. The number of alkyl halides is 2. The second-order valence-electron chi connectivity index (χ2n) is 3.42. The summed E-state index contributed by atoms with van der Waals surface area (Å²) in [6.45, 7) is -0.0459. The first-order valence-electron chi connectivity index (χ1n) is 5.20. The quantitative estimate of drug-likeness (QED) is 0.599. The van der Waals surface area contributed by atoms with Crippen molar-refractivity contribution in [2.24, 2.45) is 5.73 Å². The van der Waals surface area contributed by atoms with E-state index in [1.807, 2.05) is 0 Å². The Hall–Kier alpha value is -0.980. The van der Waals surface area contributed by atoms with Gasteiger partial charge >= 0.3 is 0 Å². The summed E-state index contributed by atoms with van der Waals surface area (Å²) in [5.74, 6) is 0. The maximum Gasteiger partial charge on any atom is 0.261 e. The third-order valence-corrected chi connectivity index (χ3v) is 2.58. The van der Waals surface area contributed by atoms with E-state index >= 15 is 0 Å². The van der Waals surface area contributed by atoms with Crippen molar-refractivity contribution in [2.45, 2.75) is 6.43 Å². The van der Waals surface area contributed by atoms with Gasteiger partial charge in [-0.3, -0.25) is 0 Å². The molecule has 3 N–H and O–H groups in total. The van der Waals surface area contributed by atoms with Crippen LogP contribution < -0.4 is 11.1 Å². The average molecular weight is 295 g/mol. The molecule has 7 heteroatoms. The van der Waals surface area contributed by atoms with Crippen LogP contribution in [0.15, 0.2) is 18.2 Å². The van der Waals surface area contributed by atoms with E-state index in [4.69, 9.17) is 34.3 Å². The van der Waals surface area contributed by atoms with Crippen molar-refractivity contribution in [1.29, 1.82) is 0 Å². The summed E-state index contributed by atoms with van der Waals surface area (Å²) in [4.78, 5) is 0.177. The monoisotopic (exact) mass is 294 g/mol. The molecule has 0 saturated heterocycles. The summed E-state index contributed by atoms with van der Waals surface area (Å²) in [6.07, 6.45) is -2.46. The number of ether oxygens (including phenoxy) is 1. The molecule has 1 rings (SSSR count). The zero-order chi connectivity index (χ0) is 13.5. The first kappa shape index (κ1) is 15.1. The number of nitrogens with one attached hydrogen (secondary N) is 1. The minimum Gasteiger partial charge on any atom is -0.389 e. The lowest BCUT2D eigenvalue weighted by molar-refractivity contribution is 0.0215. The highest BCUT2D eigenvalue weighted by atomic mass is 35.5. The second kappa shape index (κ2) is 7.45.